The molecule has 0 heterocycles. The number of carbonyl (C=O) groups is 5. The Morgan fingerprint density at radius 2 is 1.48 bits per heavy atom. The van der Waals surface area contributed by atoms with Crippen molar-refractivity contribution in [1.29, 1.82) is 0 Å². The Morgan fingerprint density at radius 3 is 1.97 bits per heavy atom. The zero-order chi connectivity index (χ0) is 25.1. The van der Waals surface area contributed by atoms with Gasteiger partial charge in [-0.25, -0.2) is 4.79 Å². The van der Waals surface area contributed by atoms with Gasteiger partial charge in [0.2, 0.25) is 17.7 Å². The third-order valence-corrected chi connectivity index (χ3v) is 4.51. The van der Waals surface area contributed by atoms with E-state index in [9.17, 15) is 34.2 Å². The fraction of sp³-hybridized carbons (Fsp3) is 0.450. The van der Waals surface area contributed by atoms with Gasteiger partial charge < -0.3 is 42.1 Å². The summed E-state index contributed by atoms with van der Waals surface area (Å²) in [5, 5.41) is 43.5. The Labute approximate surface area is 189 Å². The van der Waals surface area contributed by atoms with Crippen LogP contribution < -0.4 is 21.7 Å². The van der Waals surface area contributed by atoms with Crippen LogP contribution >= 0.6 is 0 Å². The zero-order valence-corrected chi connectivity index (χ0v) is 17.8. The molecule has 5 unspecified atom stereocenters. The van der Waals surface area contributed by atoms with Crippen molar-refractivity contribution in [3.63, 3.8) is 0 Å². The second-order valence-electron chi connectivity index (χ2n) is 7.26. The third kappa shape index (κ3) is 9.22. The first-order valence-corrected chi connectivity index (χ1v) is 9.90. The van der Waals surface area contributed by atoms with Crippen molar-refractivity contribution >= 4 is 29.7 Å². The minimum absolute atomic E-state index is 0.103. The van der Waals surface area contributed by atoms with Crippen molar-refractivity contribution in [2.45, 2.75) is 50.0 Å². The van der Waals surface area contributed by atoms with Crippen LogP contribution in [-0.2, 0) is 30.4 Å². The van der Waals surface area contributed by atoms with E-state index in [1.54, 1.807) is 30.3 Å². The summed E-state index contributed by atoms with van der Waals surface area (Å²) >= 11 is 0. The highest BCUT2D eigenvalue weighted by Gasteiger charge is 2.33. The number of nitrogens with one attached hydrogen (secondary N) is 3. The fourth-order valence-corrected chi connectivity index (χ4v) is 2.72. The quantitative estimate of drug-likeness (QED) is 0.146. The molecule has 33 heavy (non-hydrogen) atoms. The molecule has 0 aliphatic rings. The maximum atomic E-state index is 12.8. The van der Waals surface area contributed by atoms with Gasteiger partial charge in [-0.2, -0.15) is 0 Å². The van der Waals surface area contributed by atoms with Crippen LogP contribution in [0.15, 0.2) is 30.3 Å². The molecular weight excluding hydrogens is 440 g/mol. The Bertz CT molecular complexity index is 847. The first kappa shape index (κ1) is 27.5. The van der Waals surface area contributed by atoms with Gasteiger partial charge in [-0.15, -0.1) is 0 Å². The number of nitrogens with two attached hydrogens (primary N) is 1. The van der Waals surface area contributed by atoms with Gasteiger partial charge in [0.1, 0.15) is 24.2 Å². The Hall–Kier alpha value is -3.55. The highest BCUT2D eigenvalue weighted by Crippen LogP contribution is 2.06. The predicted molar refractivity (Wildman–Crippen MR) is 113 cm³/mol. The molecule has 1 aromatic carbocycles. The van der Waals surface area contributed by atoms with Gasteiger partial charge >= 0.3 is 11.9 Å². The van der Waals surface area contributed by atoms with Crippen molar-refractivity contribution in [3.8, 4) is 0 Å². The molecule has 0 aliphatic heterocycles. The van der Waals surface area contributed by atoms with Gasteiger partial charge in [-0.05, 0) is 12.5 Å². The molecule has 9 N–H and O–H groups in total. The number of aliphatic hydroxyl groups excluding tert-OH is 2. The van der Waals surface area contributed by atoms with Crippen LogP contribution in [0.2, 0.25) is 0 Å². The highest BCUT2D eigenvalue weighted by molar-refractivity contribution is 5.95. The summed E-state index contributed by atoms with van der Waals surface area (Å²) in [5.74, 6) is -5.92. The van der Waals surface area contributed by atoms with Gasteiger partial charge in [-0.3, -0.25) is 19.2 Å². The number of amides is 3. The monoisotopic (exact) mass is 468 g/mol. The summed E-state index contributed by atoms with van der Waals surface area (Å²) in [7, 11) is 0. The number of rotatable bonds is 13. The highest BCUT2D eigenvalue weighted by atomic mass is 16.4. The Kier molecular flexibility index (Phi) is 10.9. The summed E-state index contributed by atoms with van der Waals surface area (Å²) in [6, 6.07) is 2.33. The maximum absolute atomic E-state index is 12.8. The molecule has 1 aromatic rings. The molecule has 0 saturated carbocycles. The summed E-state index contributed by atoms with van der Waals surface area (Å²) in [5.41, 5.74) is 5.98. The molecule has 0 saturated heterocycles. The minimum Gasteiger partial charge on any atom is -0.481 e. The number of carboxylic acids is 2. The molecule has 0 fully saturated rings. The van der Waals surface area contributed by atoms with Gasteiger partial charge in [-0.1, -0.05) is 30.3 Å². The van der Waals surface area contributed by atoms with Crippen molar-refractivity contribution in [3.05, 3.63) is 35.9 Å². The molecule has 13 heteroatoms. The van der Waals surface area contributed by atoms with Crippen LogP contribution in [0.25, 0.3) is 0 Å². The SMILES string of the molecule is CC(O)C(NC(=O)C(N)CO)C(=O)NC(Cc1ccccc1)C(=O)NC(CC(=O)O)C(=O)O. The second kappa shape index (κ2) is 13.1. The minimum atomic E-state index is -1.75. The van der Waals surface area contributed by atoms with E-state index in [2.05, 4.69) is 16.0 Å². The van der Waals surface area contributed by atoms with Crippen LogP contribution in [0.5, 0.6) is 0 Å². The summed E-state index contributed by atoms with van der Waals surface area (Å²) in [4.78, 5) is 59.7. The number of benzene rings is 1. The number of hydrogen-bond donors (Lipinski definition) is 8. The first-order chi connectivity index (χ1) is 15.5. The smallest absolute Gasteiger partial charge is 0.326 e. The number of carboxylic acid groups (broad SMARTS) is 2. The average molecular weight is 468 g/mol. The summed E-state index contributed by atoms with van der Waals surface area (Å²) < 4.78 is 0. The van der Waals surface area contributed by atoms with Crippen LogP contribution in [0.4, 0.5) is 0 Å². The zero-order valence-electron chi connectivity index (χ0n) is 17.8. The van der Waals surface area contributed by atoms with Crippen molar-refractivity contribution in [1.82, 2.24) is 16.0 Å². The van der Waals surface area contributed by atoms with E-state index in [-0.39, 0.29) is 6.42 Å². The Balaban J connectivity index is 3.10. The van der Waals surface area contributed by atoms with Crippen LogP contribution in [0.1, 0.15) is 18.9 Å². The first-order valence-electron chi connectivity index (χ1n) is 9.90. The lowest BCUT2D eigenvalue weighted by Crippen LogP contribution is -2.60. The standard InChI is InChI=1S/C20H28N4O9/c1-10(26)16(24-17(29)12(21)9-25)19(31)22-13(7-11-5-3-2-4-6-11)18(30)23-14(20(32)33)8-15(27)28/h2-6,10,12-14,16,25-26H,7-9,21H2,1H3,(H,22,31)(H,23,30)(H,24,29)(H,27,28)(H,32,33). The number of hydrogen-bond acceptors (Lipinski definition) is 8. The fourth-order valence-electron chi connectivity index (χ4n) is 2.72. The molecule has 3 amide bonds. The van der Waals surface area contributed by atoms with E-state index in [1.165, 1.54) is 6.92 Å². The van der Waals surface area contributed by atoms with Gasteiger partial charge in [0.05, 0.1) is 19.1 Å². The topological polar surface area (TPSA) is 228 Å². The van der Waals surface area contributed by atoms with Crippen LogP contribution in [0.3, 0.4) is 0 Å². The van der Waals surface area contributed by atoms with Crippen molar-refractivity contribution in [2.24, 2.45) is 5.73 Å². The molecule has 0 bridgehead atoms. The molecular formula is C20H28N4O9. The third-order valence-electron chi connectivity index (χ3n) is 4.51. The molecule has 0 spiro atoms. The van der Waals surface area contributed by atoms with Gasteiger partial charge in [0, 0.05) is 6.42 Å². The second-order valence-corrected chi connectivity index (χ2v) is 7.26. The lowest BCUT2D eigenvalue weighted by Gasteiger charge is -2.26. The van der Waals surface area contributed by atoms with E-state index < -0.39 is 73.0 Å². The average Bonchev–Trinajstić information content (AvgIpc) is 2.75. The number of aliphatic carboxylic acids is 2. The largest absolute Gasteiger partial charge is 0.481 e. The van der Waals surface area contributed by atoms with Gasteiger partial charge in [0.25, 0.3) is 0 Å². The number of aliphatic hydroxyl groups is 2. The lowest BCUT2D eigenvalue weighted by atomic mass is 10.0. The van der Waals surface area contributed by atoms with Crippen LogP contribution in [-0.4, -0.2) is 87.0 Å². The van der Waals surface area contributed by atoms with Crippen molar-refractivity contribution < 1.29 is 44.4 Å². The Morgan fingerprint density at radius 1 is 0.909 bits per heavy atom. The molecule has 0 radical (unpaired) electrons. The number of carbonyl (C=O) groups excluding carboxylic acids is 3. The molecule has 1 rings (SSSR count). The van der Waals surface area contributed by atoms with E-state index in [0.717, 1.165) is 0 Å². The van der Waals surface area contributed by atoms with E-state index in [4.69, 9.17) is 15.9 Å². The van der Waals surface area contributed by atoms with Crippen molar-refractivity contribution in [2.75, 3.05) is 6.61 Å². The molecule has 5 atom stereocenters. The predicted octanol–water partition coefficient (Wildman–Crippen LogP) is -3.06. The lowest BCUT2D eigenvalue weighted by molar-refractivity contribution is -0.147. The molecule has 182 valence electrons. The normalized spacial score (nSPS) is 15.3. The van der Waals surface area contributed by atoms with E-state index >= 15 is 0 Å². The summed E-state index contributed by atoms with van der Waals surface area (Å²) in [6.07, 6.45) is -2.41. The maximum Gasteiger partial charge on any atom is 0.326 e. The summed E-state index contributed by atoms with van der Waals surface area (Å²) in [6.45, 7) is 0.494. The van der Waals surface area contributed by atoms with E-state index in [1.807, 2.05) is 0 Å². The van der Waals surface area contributed by atoms with Crippen LogP contribution in [0, 0.1) is 0 Å². The molecule has 13 nitrogen and oxygen atoms in total. The van der Waals surface area contributed by atoms with E-state index in [0.29, 0.717) is 5.56 Å². The molecule has 0 aliphatic carbocycles. The molecule has 0 aromatic heterocycles. The van der Waals surface area contributed by atoms with Gasteiger partial charge in [0.15, 0.2) is 0 Å².